The van der Waals surface area contributed by atoms with Crippen molar-refractivity contribution in [3.63, 3.8) is 0 Å². The molecule has 5 unspecified atom stereocenters. The van der Waals surface area contributed by atoms with Gasteiger partial charge >= 0.3 is 11.9 Å². The number of nitriles is 1. The van der Waals surface area contributed by atoms with Crippen LogP contribution < -0.4 is 5.32 Å². The summed E-state index contributed by atoms with van der Waals surface area (Å²) in [5, 5.41) is 34.4. The first-order valence-corrected chi connectivity index (χ1v) is 11.6. The van der Waals surface area contributed by atoms with Crippen LogP contribution in [0, 0.1) is 22.2 Å². The molecule has 0 amide bonds. The van der Waals surface area contributed by atoms with Gasteiger partial charge in [0.2, 0.25) is 0 Å². The van der Waals surface area contributed by atoms with Gasteiger partial charge in [0.25, 0.3) is 0 Å². The van der Waals surface area contributed by atoms with Crippen LogP contribution in [0.3, 0.4) is 0 Å². The zero-order valence-electron chi connectivity index (χ0n) is 19.2. The first-order chi connectivity index (χ1) is 16.2. The second-order valence-corrected chi connectivity index (χ2v) is 9.40. The minimum absolute atomic E-state index is 0.00759. The molecule has 0 aromatic heterocycles. The molecular formula is C27H29ClN2O4. The Morgan fingerprint density at radius 3 is 2.18 bits per heavy atom. The minimum atomic E-state index is -1.52. The van der Waals surface area contributed by atoms with Gasteiger partial charge in [0.15, 0.2) is 0 Å². The van der Waals surface area contributed by atoms with Crippen molar-refractivity contribution >= 4 is 29.6 Å². The first-order valence-electron chi connectivity index (χ1n) is 11.3. The highest BCUT2D eigenvalue weighted by Gasteiger charge is 2.66. The Labute approximate surface area is 204 Å². The summed E-state index contributed by atoms with van der Waals surface area (Å²) in [5.74, 6) is -3.11. The molecule has 3 rings (SSSR count). The number of carboxylic acid groups (broad SMARTS) is 2. The summed E-state index contributed by atoms with van der Waals surface area (Å²) in [7, 11) is 0. The van der Waals surface area contributed by atoms with Crippen LogP contribution >= 0.6 is 11.6 Å². The predicted molar refractivity (Wildman–Crippen MR) is 131 cm³/mol. The van der Waals surface area contributed by atoms with Crippen LogP contribution in [0.4, 0.5) is 0 Å². The van der Waals surface area contributed by atoms with Crippen LogP contribution in [-0.2, 0) is 9.59 Å². The molecule has 1 heterocycles. The normalized spacial score (nSPS) is 28.9. The molecule has 5 atom stereocenters. The second kappa shape index (κ2) is 10.4. The number of aliphatic carboxylic acids is 2. The second-order valence-electron chi connectivity index (χ2n) is 8.96. The Hall–Kier alpha value is -3.14. The molecule has 6 nitrogen and oxygen atoms in total. The van der Waals surface area contributed by atoms with Gasteiger partial charge in [-0.25, -0.2) is 0 Å². The molecule has 0 saturated carbocycles. The fourth-order valence-electron chi connectivity index (χ4n) is 5.57. The average molecular weight is 481 g/mol. The van der Waals surface area contributed by atoms with Crippen LogP contribution in [0.1, 0.15) is 50.2 Å². The van der Waals surface area contributed by atoms with E-state index in [0.29, 0.717) is 10.6 Å². The SMILES string of the molecule is CC1NC(C)C(CCC#N)(C(=O)O)C(c2ccc(Cl)cc2)C1(CC=Cc1ccccc1)C(=O)O. The number of nitrogens with one attached hydrogen (secondary N) is 1. The number of benzene rings is 2. The van der Waals surface area contributed by atoms with E-state index in [-0.39, 0.29) is 19.3 Å². The van der Waals surface area contributed by atoms with Gasteiger partial charge in [-0.2, -0.15) is 5.26 Å². The fourth-order valence-corrected chi connectivity index (χ4v) is 5.69. The number of hydrogen-bond donors (Lipinski definition) is 3. The summed E-state index contributed by atoms with van der Waals surface area (Å²) < 4.78 is 0. The molecule has 7 heteroatoms. The predicted octanol–water partition coefficient (Wildman–Crippen LogP) is 5.35. The van der Waals surface area contributed by atoms with E-state index in [4.69, 9.17) is 11.6 Å². The van der Waals surface area contributed by atoms with E-state index >= 15 is 0 Å². The van der Waals surface area contributed by atoms with Gasteiger partial charge in [0, 0.05) is 29.4 Å². The maximum Gasteiger partial charge on any atom is 0.312 e. The van der Waals surface area contributed by atoms with Gasteiger partial charge < -0.3 is 15.5 Å². The van der Waals surface area contributed by atoms with Crippen LogP contribution in [0.2, 0.25) is 5.02 Å². The standard InChI is InChI=1S/C27H29ClN2O4/c1-18-26(24(31)32,15-6-10-20-8-4-3-5-9-20)23(21-11-13-22(28)14-12-21)27(25(33)34,16-7-17-29)19(2)30-18/h3-6,8-14,18-19,23,30H,7,15-16H2,1-2H3,(H,31,32)(H,33,34). The third-order valence-electron chi connectivity index (χ3n) is 7.29. The van der Waals surface area contributed by atoms with Gasteiger partial charge in [-0.15, -0.1) is 0 Å². The molecule has 1 aliphatic rings. The molecule has 0 radical (unpaired) electrons. The monoisotopic (exact) mass is 480 g/mol. The van der Waals surface area contributed by atoms with Gasteiger partial charge in [-0.1, -0.05) is 66.2 Å². The molecular weight excluding hydrogens is 452 g/mol. The summed E-state index contributed by atoms with van der Waals surface area (Å²) in [6.45, 7) is 3.55. The smallest absolute Gasteiger partial charge is 0.312 e. The molecule has 0 aliphatic carbocycles. The average Bonchev–Trinajstić information content (AvgIpc) is 2.80. The highest BCUT2D eigenvalue weighted by molar-refractivity contribution is 6.30. The van der Waals surface area contributed by atoms with Crippen LogP contribution in [0.5, 0.6) is 0 Å². The van der Waals surface area contributed by atoms with Crippen LogP contribution in [-0.4, -0.2) is 34.2 Å². The molecule has 178 valence electrons. The highest BCUT2D eigenvalue weighted by atomic mass is 35.5. The quantitative estimate of drug-likeness (QED) is 0.469. The van der Waals surface area contributed by atoms with Gasteiger partial charge in [0.1, 0.15) is 0 Å². The van der Waals surface area contributed by atoms with Gasteiger partial charge in [-0.3, -0.25) is 9.59 Å². The Morgan fingerprint density at radius 1 is 1.03 bits per heavy atom. The number of nitrogens with zero attached hydrogens (tertiary/aromatic N) is 1. The third-order valence-corrected chi connectivity index (χ3v) is 7.54. The van der Waals surface area contributed by atoms with Gasteiger partial charge in [0.05, 0.1) is 16.9 Å². The minimum Gasteiger partial charge on any atom is -0.481 e. The third kappa shape index (κ3) is 4.46. The van der Waals surface area contributed by atoms with Crippen molar-refractivity contribution in [1.82, 2.24) is 5.32 Å². The number of rotatable bonds is 8. The Balaban J connectivity index is 2.25. The molecule has 0 bridgehead atoms. The molecule has 1 fully saturated rings. The van der Waals surface area contributed by atoms with Crippen LogP contribution in [0.15, 0.2) is 60.7 Å². The van der Waals surface area contributed by atoms with Crippen molar-refractivity contribution in [1.29, 1.82) is 5.26 Å². The molecule has 3 N–H and O–H groups in total. The summed E-state index contributed by atoms with van der Waals surface area (Å²) in [4.78, 5) is 26.1. The zero-order valence-corrected chi connectivity index (χ0v) is 20.0. The Bertz CT molecular complexity index is 1100. The van der Waals surface area contributed by atoms with Crippen molar-refractivity contribution in [2.75, 3.05) is 0 Å². The number of allylic oxidation sites excluding steroid dienone is 1. The lowest BCUT2D eigenvalue weighted by Crippen LogP contribution is -2.69. The Kier molecular flexibility index (Phi) is 7.81. The summed E-state index contributed by atoms with van der Waals surface area (Å²) in [6.07, 6.45) is 3.77. The maximum absolute atomic E-state index is 13.1. The lowest BCUT2D eigenvalue weighted by molar-refractivity contribution is -0.172. The van der Waals surface area contributed by atoms with Crippen molar-refractivity contribution in [3.05, 3.63) is 76.8 Å². The number of halogens is 1. The van der Waals surface area contributed by atoms with Gasteiger partial charge in [-0.05, 0) is 49.9 Å². The maximum atomic E-state index is 13.1. The highest BCUT2D eigenvalue weighted by Crippen LogP contribution is 2.59. The van der Waals surface area contributed by atoms with Crippen molar-refractivity contribution < 1.29 is 19.8 Å². The van der Waals surface area contributed by atoms with E-state index in [2.05, 4.69) is 11.4 Å². The number of carboxylic acids is 2. The summed E-state index contributed by atoms with van der Waals surface area (Å²) in [5.41, 5.74) is -1.50. The first kappa shape index (κ1) is 25.5. The number of carbonyl (C=O) groups is 2. The molecule has 34 heavy (non-hydrogen) atoms. The lowest BCUT2D eigenvalue weighted by atomic mass is 9.49. The van der Waals surface area contributed by atoms with E-state index in [0.717, 1.165) is 5.56 Å². The van der Waals surface area contributed by atoms with E-state index in [1.165, 1.54) is 0 Å². The lowest BCUT2D eigenvalue weighted by Gasteiger charge is -2.57. The molecule has 1 saturated heterocycles. The molecule has 2 aromatic carbocycles. The number of hydrogen-bond acceptors (Lipinski definition) is 4. The van der Waals surface area contributed by atoms with E-state index in [1.807, 2.05) is 36.4 Å². The topological polar surface area (TPSA) is 110 Å². The summed E-state index contributed by atoms with van der Waals surface area (Å²) in [6, 6.07) is 17.2. The molecule has 2 aromatic rings. The van der Waals surface area contributed by atoms with Crippen LogP contribution in [0.25, 0.3) is 6.08 Å². The largest absolute Gasteiger partial charge is 0.481 e. The van der Waals surface area contributed by atoms with Crippen molar-refractivity contribution in [3.8, 4) is 6.07 Å². The zero-order chi connectivity index (χ0) is 24.9. The van der Waals surface area contributed by atoms with E-state index in [9.17, 15) is 25.1 Å². The van der Waals surface area contributed by atoms with Crippen molar-refractivity contribution in [2.45, 2.75) is 51.1 Å². The number of piperidine rings is 1. The summed E-state index contributed by atoms with van der Waals surface area (Å²) >= 11 is 6.11. The van der Waals surface area contributed by atoms with E-state index < -0.39 is 40.8 Å². The fraction of sp³-hybridized carbons (Fsp3) is 0.370. The Morgan fingerprint density at radius 2 is 1.62 bits per heavy atom. The van der Waals surface area contributed by atoms with Crippen molar-refractivity contribution in [2.24, 2.45) is 10.8 Å². The van der Waals surface area contributed by atoms with E-state index in [1.54, 1.807) is 44.2 Å². The molecule has 1 aliphatic heterocycles. The molecule has 0 spiro atoms.